The first-order valence-electron chi connectivity index (χ1n) is 0. The van der Waals surface area contributed by atoms with Crippen molar-refractivity contribution < 1.29 is 107 Å². The molecule has 0 fully saturated rings. The van der Waals surface area contributed by atoms with Crippen LogP contribution in [0, 0.1) is 40.8 Å². The Morgan fingerprint density at radius 2 is 0.667 bits per heavy atom. The molecule has 0 spiro atoms. The summed E-state index contributed by atoms with van der Waals surface area (Å²) < 4.78 is 0. The van der Waals surface area contributed by atoms with Crippen LogP contribution in [-0.2, 0) is 32.7 Å². The van der Waals surface area contributed by atoms with E-state index in [2.05, 4.69) is 0 Å². The Bertz CT molecular complexity index is 10.8. The van der Waals surface area contributed by atoms with Gasteiger partial charge < -0.3 is 14.1 Å². The van der Waals surface area contributed by atoms with E-state index in [1.54, 1.807) is 0 Å². The fourth-order valence-electron chi connectivity index (χ4n) is 0. The Morgan fingerprint density at radius 3 is 0.667 bits per heavy atom. The molecule has 0 aromatic carbocycles. The van der Waals surface area contributed by atoms with E-state index in [1.807, 2.05) is 0 Å². The van der Waals surface area contributed by atoms with Crippen molar-refractivity contribution in [1.82, 2.24) is 0 Å². The van der Waals surface area contributed by atoms with E-state index in [0.717, 1.165) is 0 Å². The third kappa shape index (κ3) is 28.9. The molecule has 0 atom stereocenters. The van der Waals surface area contributed by atoms with Crippen LogP contribution in [0.4, 0.5) is 0 Å². The molecule has 0 aromatic rings. The van der Waals surface area contributed by atoms with Gasteiger partial charge >= 0.3 is 92.4 Å². The fraction of sp³-hybridized carbons (Fsp3) is 0. The summed E-state index contributed by atoms with van der Waals surface area (Å²) in [6.45, 7) is 0. The van der Waals surface area contributed by atoms with E-state index >= 15 is 0 Å². The van der Waals surface area contributed by atoms with Crippen LogP contribution in [0.2, 0.25) is 0 Å². The second-order valence-corrected chi connectivity index (χ2v) is 0. The van der Waals surface area contributed by atoms with E-state index in [-0.39, 0.29) is 107 Å². The third-order valence-electron chi connectivity index (χ3n) is 0. The van der Waals surface area contributed by atoms with Crippen LogP contribution in [0.25, 0.3) is 0 Å². The summed E-state index contributed by atoms with van der Waals surface area (Å²) in [6.07, 6.45) is 0. The van der Waals surface area contributed by atoms with Gasteiger partial charge in [0, 0.05) is 0 Å². The van der Waals surface area contributed by atoms with Crippen LogP contribution in [0.5, 0.6) is 0 Å². The molecule has 0 aliphatic rings. The van der Waals surface area contributed by atoms with Gasteiger partial charge in [-0.3, -0.25) is 0 Å². The molecule has 0 aliphatic carbocycles. The first-order valence-corrected chi connectivity index (χ1v) is 0. The monoisotopic (exact) mass is 295 g/mol. The predicted molar refractivity (Wildman–Crippen MR) is 0 cm³/mol. The Balaban J connectivity index is 0. The van der Waals surface area contributed by atoms with Crippen molar-refractivity contribution in [2.75, 3.05) is 0 Å². The largest absolute Gasteiger partial charge is 3.00 e. The van der Waals surface area contributed by atoms with Crippen molar-refractivity contribution in [2.24, 2.45) is 0 Å². The molecule has 0 saturated carbocycles. The standard InChI is InChI=1S/3FH.Li.Nd.Y/h3*1H;;;/q;;;+1;2*+3/p-3. The van der Waals surface area contributed by atoms with Crippen LogP contribution < -0.4 is 33.0 Å². The normalized spacial score (nSPS) is 0. The van der Waals surface area contributed by atoms with Gasteiger partial charge in [0.05, 0.1) is 0 Å². The summed E-state index contributed by atoms with van der Waals surface area (Å²) in [7, 11) is 0. The number of halogens is 3. The zero-order valence-electron chi connectivity index (χ0n) is 3.21. The van der Waals surface area contributed by atoms with E-state index < -0.39 is 0 Å². The van der Waals surface area contributed by atoms with Crippen LogP contribution in [0.1, 0.15) is 0 Å². The van der Waals surface area contributed by atoms with Crippen LogP contribution in [0.3, 0.4) is 0 Å². The molecule has 0 N–H and O–H groups in total. The molecule has 1 radical (unpaired) electrons. The van der Waals surface area contributed by atoms with Gasteiger partial charge in [0.15, 0.2) is 0 Å². The molecule has 0 aliphatic heterocycles. The summed E-state index contributed by atoms with van der Waals surface area (Å²) >= 11 is 0. The van der Waals surface area contributed by atoms with Crippen molar-refractivity contribution in [3.8, 4) is 0 Å². The first-order chi connectivity index (χ1) is 0. The van der Waals surface area contributed by atoms with Gasteiger partial charge in [-0.2, -0.15) is 0 Å². The quantitative estimate of drug-likeness (QED) is 0.390. The molecular weight excluding hydrogens is 297 g/mol. The minimum absolute atomic E-state index is 0. The first kappa shape index (κ1) is 67.3. The van der Waals surface area contributed by atoms with Gasteiger partial charge in [-0.15, -0.1) is 0 Å². The van der Waals surface area contributed by atoms with Crippen LogP contribution in [0.15, 0.2) is 0 Å². The molecular formula is F3LiNdY+4. The van der Waals surface area contributed by atoms with Crippen molar-refractivity contribution in [3.63, 3.8) is 0 Å². The molecule has 0 nitrogen and oxygen atoms in total. The van der Waals surface area contributed by atoms with Crippen LogP contribution >= 0.6 is 0 Å². The van der Waals surface area contributed by atoms with E-state index in [1.165, 1.54) is 0 Å². The average Bonchev–Trinajstić information content (AvgIpc) is 0. The second kappa shape index (κ2) is 45.5. The fourth-order valence-corrected chi connectivity index (χ4v) is 0. The predicted octanol–water partition coefficient (Wildman–Crippen LogP) is -12.0. The Labute approximate surface area is 104 Å². The minimum Gasteiger partial charge on any atom is -1.00 e. The number of hydrogen-bond donors (Lipinski definition) is 0. The Hall–Kier alpha value is 2.84. The number of hydrogen-bond acceptors (Lipinski definition) is 0. The molecule has 0 amide bonds. The smallest absolute Gasteiger partial charge is 1.00 e. The zero-order valence-corrected chi connectivity index (χ0v) is 9.26. The molecule has 0 aromatic heterocycles. The van der Waals surface area contributed by atoms with Crippen LogP contribution in [-0.4, -0.2) is 0 Å². The van der Waals surface area contributed by atoms with Crippen molar-refractivity contribution >= 4 is 0 Å². The van der Waals surface area contributed by atoms with E-state index in [4.69, 9.17) is 0 Å². The maximum Gasteiger partial charge on any atom is 3.00 e. The summed E-state index contributed by atoms with van der Waals surface area (Å²) in [5.74, 6) is 0. The summed E-state index contributed by atoms with van der Waals surface area (Å²) in [5, 5.41) is 0. The SMILES string of the molecule is [F-].[F-].[F-].[Li+].[Nd+3].[Y+3]. The zero-order chi connectivity index (χ0) is 0. The second-order valence-electron chi connectivity index (χ2n) is 0. The Morgan fingerprint density at radius 1 is 0.667 bits per heavy atom. The van der Waals surface area contributed by atoms with Crippen molar-refractivity contribution in [1.29, 1.82) is 0 Å². The maximum absolute atomic E-state index is 0. The summed E-state index contributed by atoms with van der Waals surface area (Å²) in [6, 6.07) is 0. The van der Waals surface area contributed by atoms with Gasteiger partial charge in [0.1, 0.15) is 0 Å². The molecule has 6 heteroatoms. The van der Waals surface area contributed by atoms with E-state index in [0.29, 0.717) is 0 Å². The van der Waals surface area contributed by atoms with Crippen molar-refractivity contribution in [3.05, 3.63) is 0 Å². The summed E-state index contributed by atoms with van der Waals surface area (Å²) in [4.78, 5) is 0. The molecule has 0 saturated heterocycles. The third-order valence-corrected chi connectivity index (χ3v) is 0. The minimum atomic E-state index is 0. The summed E-state index contributed by atoms with van der Waals surface area (Å²) in [5.41, 5.74) is 0. The van der Waals surface area contributed by atoms with Crippen molar-refractivity contribution in [2.45, 2.75) is 0 Å². The molecule has 25 valence electrons. The molecule has 0 bridgehead atoms. The molecule has 0 rings (SSSR count). The average molecular weight is 297 g/mol. The van der Waals surface area contributed by atoms with Gasteiger partial charge in [-0.1, -0.05) is 0 Å². The Kier molecular flexibility index (Phi) is 510. The van der Waals surface area contributed by atoms with E-state index in [9.17, 15) is 0 Å². The van der Waals surface area contributed by atoms with Gasteiger partial charge in [0.25, 0.3) is 0 Å². The molecule has 6 heavy (non-hydrogen) atoms. The van der Waals surface area contributed by atoms with Gasteiger partial charge in [-0.25, -0.2) is 0 Å². The van der Waals surface area contributed by atoms with Gasteiger partial charge in [0.2, 0.25) is 0 Å². The maximum atomic E-state index is 0. The topological polar surface area (TPSA) is 0 Å². The molecule has 0 unspecified atom stereocenters. The van der Waals surface area contributed by atoms with Gasteiger partial charge in [-0.05, 0) is 0 Å². The molecule has 0 heterocycles. The number of rotatable bonds is 0.